The number of aromatic hydroxyl groups is 3. The van der Waals surface area contributed by atoms with Crippen molar-refractivity contribution < 1.29 is 29.7 Å². The Balaban J connectivity index is 0.000000124. The number of halogens is 3. The van der Waals surface area contributed by atoms with Gasteiger partial charge in [-0.15, -0.1) is 0 Å². The van der Waals surface area contributed by atoms with Gasteiger partial charge in [0.15, 0.2) is 17.6 Å². The van der Waals surface area contributed by atoms with Gasteiger partial charge >= 0.3 is 0 Å². The van der Waals surface area contributed by atoms with Crippen LogP contribution in [-0.4, -0.2) is 65.1 Å². The molecule has 72 heavy (non-hydrogen) atoms. The Labute approximate surface area is 426 Å². The number of aromatic amines is 3. The van der Waals surface area contributed by atoms with Gasteiger partial charge in [-0.1, -0.05) is 179 Å². The molecule has 6 N–H and O–H groups in total. The van der Waals surface area contributed by atoms with Crippen molar-refractivity contribution in [1.29, 1.82) is 0 Å². The zero-order valence-corrected chi connectivity index (χ0v) is 40.7. The van der Waals surface area contributed by atoms with E-state index < -0.39 is 5.91 Å². The summed E-state index contributed by atoms with van der Waals surface area (Å²) in [5.41, 5.74) is 13.0. The first-order chi connectivity index (χ1) is 34.7. The highest BCUT2D eigenvalue weighted by atomic mass is 35.5. The maximum Gasteiger partial charge on any atom is 0.280 e. The van der Waals surface area contributed by atoms with Crippen molar-refractivity contribution in [2.45, 2.75) is 20.8 Å². The van der Waals surface area contributed by atoms with E-state index in [-0.39, 0.29) is 29.5 Å². The predicted octanol–water partition coefficient (Wildman–Crippen LogP) is 13.0. The number of benzene rings is 6. The second-order valence-corrected chi connectivity index (χ2v) is 18.4. The van der Waals surface area contributed by atoms with E-state index in [2.05, 4.69) is 29.9 Å². The lowest BCUT2D eigenvalue weighted by atomic mass is 9.99. The van der Waals surface area contributed by atoms with Crippen LogP contribution in [0.4, 0.5) is 0 Å². The molecule has 0 bridgehead atoms. The Hall–Kier alpha value is -8.55. The van der Waals surface area contributed by atoms with Crippen LogP contribution >= 0.6 is 34.8 Å². The molecule has 15 heteroatoms. The highest BCUT2D eigenvalue weighted by Gasteiger charge is 2.37. The summed E-state index contributed by atoms with van der Waals surface area (Å²) < 4.78 is 0. The molecule has 0 fully saturated rings. The Bertz CT molecular complexity index is 3790. The maximum absolute atomic E-state index is 12.5. The lowest BCUT2D eigenvalue weighted by Gasteiger charge is -2.03. The second kappa shape index (κ2) is 19.0. The summed E-state index contributed by atoms with van der Waals surface area (Å²) >= 11 is 18.7. The number of carbonyl (C=O) groups is 3. The molecule has 354 valence electrons. The zero-order chi connectivity index (χ0) is 50.5. The number of fused-ring (bicyclic) bond motifs is 3. The van der Waals surface area contributed by atoms with Gasteiger partial charge in [0, 0.05) is 37.3 Å². The number of carbonyl (C=O) groups excluding carboxylic acids is 3. The summed E-state index contributed by atoms with van der Waals surface area (Å²) in [6, 6.07) is 44.5. The van der Waals surface area contributed by atoms with Gasteiger partial charge in [-0.3, -0.25) is 14.4 Å². The van der Waals surface area contributed by atoms with Gasteiger partial charge in [-0.2, -0.15) is 0 Å². The van der Waals surface area contributed by atoms with Crippen molar-refractivity contribution in [3.05, 3.63) is 227 Å². The summed E-state index contributed by atoms with van der Waals surface area (Å²) in [5.74, 6) is -1.38. The van der Waals surface area contributed by atoms with E-state index in [1.165, 1.54) is 0 Å². The number of H-pyrrole nitrogens is 3. The number of nitrogens with zero attached hydrogens (tertiary/aromatic N) is 3. The molecule has 3 aliphatic heterocycles. The third kappa shape index (κ3) is 8.51. The molecule has 6 aromatic carbocycles. The molecule has 0 spiro atoms. The van der Waals surface area contributed by atoms with Crippen LogP contribution in [0.1, 0.15) is 81.1 Å². The number of hydrogen-bond donors (Lipinski definition) is 6. The second-order valence-electron chi connectivity index (χ2n) is 17.1. The fraction of sp³-hybridized carbons (Fsp3) is 0.0526. The molecule has 12 rings (SSSR count). The van der Waals surface area contributed by atoms with Crippen LogP contribution in [0, 0.1) is 20.8 Å². The van der Waals surface area contributed by atoms with Crippen LogP contribution < -0.4 is 0 Å². The number of rotatable bonds is 6. The number of aromatic nitrogens is 3. The Morgan fingerprint density at radius 2 is 0.639 bits per heavy atom. The first-order valence-electron chi connectivity index (χ1n) is 22.4. The fourth-order valence-electron chi connectivity index (χ4n) is 8.79. The number of amides is 3. The first-order valence-corrected chi connectivity index (χ1v) is 23.5. The molecular weight excluding hydrogens is 971 g/mol. The van der Waals surface area contributed by atoms with E-state index >= 15 is 0 Å². The molecule has 3 amide bonds. The highest BCUT2D eigenvalue weighted by Crippen LogP contribution is 2.42. The SMILES string of the molecule is Cc1ccc(-c2[nH]c(O)c3c2C(=O)N=C3c2ccccc2Cl)cc1.Cc1ccc(C2=NC(=O)c3c(-c4ccc(C)cc4)[nH]c(O)c32)cc1.O=C1N=C(c2ccccc2Cl)c2c(O)[nH]c(-c3ccccc3Cl)c21. The molecule has 6 heterocycles. The third-order valence-corrected chi connectivity index (χ3v) is 13.3. The molecule has 9 aromatic rings. The molecule has 0 atom stereocenters. The van der Waals surface area contributed by atoms with E-state index in [9.17, 15) is 29.7 Å². The largest absolute Gasteiger partial charge is 0.494 e. The predicted molar refractivity (Wildman–Crippen MR) is 282 cm³/mol. The number of nitrogens with one attached hydrogen (secondary N) is 3. The van der Waals surface area contributed by atoms with E-state index in [0.29, 0.717) is 99.4 Å². The zero-order valence-electron chi connectivity index (χ0n) is 38.4. The molecule has 12 nitrogen and oxygen atoms in total. The van der Waals surface area contributed by atoms with Crippen LogP contribution in [-0.2, 0) is 0 Å². The van der Waals surface area contributed by atoms with Crippen molar-refractivity contribution in [2.75, 3.05) is 0 Å². The van der Waals surface area contributed by atoms with Gasteiger partial charge < -0.3 is 30.3 Å². The Kier molecular flexibility index (Phi) is 12.4. The van der Waals surface area contributed by atoms with Crippen molar-refractivity contribution in [3.63, 3.8) is 0 Å². The van der Waals surface area contributed by atoms with Gasteiger partial charge in [0.1, 0.15) is 0 Å². The summed E-state index contributed by atoms with van der Waals surface area (Å²) in [6.07, 6.45) is 0. The van der Waals surface area contributed by atoms with Crippen molar-refractivity contribution in [3.8, 4) is 51.4 Å². The monoisotopic (exact) mass is 1010 g/mol. The molecule has 0 saturated heterocycles. The smallest absolute Gasteiger partial charge is 0.280 e. The van der Waals surface area contributed by atoms with Gasteiger partial charge in [0.2, 0.25) is 0 Å². The first kappa shape index (κ1) is 47.1. The third-order valence-electron chi connectivity index (χ3n) is 12.3. The van der Waals surface area contributed by atoms with E-state index in [1.54, 1.807) is 66.7 Å². The minimum absolute atomic E-state index is 0.0225. The Morgan fingerprint density at radius 1 is 0.347 bits per heavy atom. The number of aliphatic imine (C=N–C) groups is 3. The lowest BCUT2D eigenvalue weighted by molar-refractivity contribution is 0.0998. The maximum atomic E-state index is 12.5. The van der Waals surface area contributed by atoms with E-state index in [4.69, 9.17) is 34.8 Å². The molecule has 3 aliphatic rings. The quantitative estimate of drug-likeness (QED) is 0.0958. The van der Waals surface area contributed by atoms with Crippen molar-refractivity contribution >= 4 is 69.7 Å². The van der Waals surface area contributed by atoms with Gasteiger partial charge in [0.25, 0.3) is 17.7 Å². The van der Waals surface area contributed by atoms with E-state index in [1.807, 2.05) is 99.6 Å². The molecule has 3 aromatic heterocycles. The standard InChI is InChI=1S/C20H16N2O2.C19H13ClN2O2.C18H10Cl2N2O2/c1-11-3-7-13(8-4-11)17-15-16(20(24)21-17)18(22-19(15)23)14-9-5-12(2)6-10-14;1-10-6-8-11(9-7-10)16-14-15(19(24)21-16)17(22-18(14)23)12-4-2-3-5-13(12)20;19-11-7-3-1-5-9(11)15-13-14(18(24)21-15)16(22-17(13)23)10-6-2-4-8-12(10)20/h3-10,21,24H,1-2H3;2-9,21,24H,1H3;1-8,21,24H. The minimum atomic E-state index is -0.439. The molecule has 0 aliphatic carbocycles. The number of aryl methyl sites for hydroxylation is 3. The van der Waals surface area contributed by atoms with E-state index in [0.717, 1.165) is 33.4 Å². The van der Waals surface area contributed by atoms with Gasteiger partial charge in [-0.05, 0) is 50.1 Å². The highest BCUT2D eigenvalue weighted by molar-refractivity contribution is 6.40. The van der Waals surface area contributed by atoms with Gasteiger partial charge in [-0.25, -0.2) is 15.0 Å². The normalized spacial score (nSPS) is 13.1. The molecule has 0 radical (unpaired) electrons. The number of hydrogen-bond acceptors (Lipinski definition) is 6. The minimum Gasteiger partial charge on any atom is -0.494 e. The topological polar surface area (TPSA) is 196 Å². The Morgan fingerprint density at radius 3 is 1.01 bits per heavy atom. The van der Waals surface area contributed by atoms with Crippen LogP contribution in [0.3, 0.4) is 0 Å². The molecule has 0 unspecified atom stereocenters. The summed E-state index contributed by atoms with van der Waals surface area (Å²) in [7, 11) is 0. The van der Waals surface area contributed by atoms with Crippen LogP contribution in [0.2, 0.25) is 15.1 Å². The average molecular weight is 1010 g/mol. The average Bonchev–Trinajstić information content (AvgIpc) is 4.22. The van der Waals surface area contributed by atoms with Crippen LogP contribution in [0.15, 0.2) is 161 Å². The lowest BCUT2D eigenvalue weighted by Crippen LogP contribution is -2.00. The van der Waals surface area contributed by atoms with Crippen molar-refractivity contribution in [1.82, 2.24) is 15.0 Å². The summed E-state index contributed by atoms with van der Waals surface area (Å²) in [4.78, 5) is 58.5. The van der Waals surface area contributed by atoms with Gasteiger partial charge in [0.05, 0.1) is 67.6 Å². The fourth-order valence-corrected chi connectivity index (χ4v) is 9.47. The molecular formula is C57H39Cl3N6O6. The molecule has 0 saturated carbocycles. The van der Waals surface area contributed by atoms with Crippen LogP contribution in [0.25, 0.3) is 33.8 Å². The summed E-state index contributed by atoms with van der Waals surface area (Å²) in [6.45, 7) is 5.99. The van der Waals surface area contributed by atoms with Crippen molar-refractivity contribution in [2.24, 2.45) is 15.0 Å². The van der Waals surface area contributed by atoms with Crippen LogP contribution in [0.5, 0.6) is 17.6 Å². The summed E-state index contributed by atoms with van der Waals surface area (Å²) in [5, 5.41) is 32.5.